The van der Waals surface area contributed by atoms with Crippen LogP contribution in [-0.2, 0) is 4.79 Å². The number of nitrogens with two attached hydrogens (primary N) is 1. The van der Waals surface area contributed by atoms with E-state index in [4.69, 9.17) is 0 Å². The molecule has 0 bridgehead atoms. The summed E-state index contributed by atoms with van der Waals surface area (Å²) in [5, 5.41) is 9.27. The Morgan fingerprint density at radius 3 is 2.57 bits per heavy atom. The van der Waals surface area contributed by atoms with Crippen molar-refractivity contribution in [2.45, 2.75) is 0 Å². The summed E-state index contributed by atoms with van der Waals surface area (Å²) in [5.41, 5.74) is 7.86. The number of carbonyl (C=O) groups excluding carboxylic acids is 1. The summed E-state index contributed by atoms with van der Waals surface area (Å²) >= 11 is 0. The first-order chi connectivity index (χ1) is 3.27. The van der Waals surface area contributed by atoms with Gasteiger partial charge >= 0.3 is 0 Å². The van der Waals surface area contributed by atoms with E-state index in [0.717, 1.165) is 0 Å². The minimum Gasteiger partial charge on any atom is -0.774 e. The highest BCUT2D eigenvalue weighted by molar-refractivity contribution is 5.75. The molecule has 0 saturated carbocycles. The minimum absolute atomic E-state index is 0.135. The quantitative estimate of drug-likeness (QED) is 0.363. The molecule has 0 aliphatic heterocycles. The van der Waals surface area contributed by atoms with Crippen LogP contribution in [0.2, 0.25) is 0 Å². The van der Waals surface area contributed by atoms with Crippen LogP contribution >= 0.6 is 0 Å². The Bertz CT molecular complexity index is 64.0. The molecule has 0 aromatic rings. The lowest BCUT2D eigenvalue weighted by Crippen LogP contribution is -2.35. The van der Waals surface area contributed by atoms with Gasteiger partial charge in [0.05, 0.1) is 6.54 Å². The summed E-state index contributed by atoms with van der Waals surface area (Å²) in [6.45, 7) is -0.135. The van der Waals surface area contributed by atoms with Crippen molar-refractivity contribution in [2.24, 2.45) is 5.73 Å². The molecule has 0 aliphatic carbocycles. The van der Waals surface area contributed by atoms with Crippen LogP contribution in [-0.4, -0.2) is 12.5 Å². The van der Waals surface area contributed by atoms with E-state index >= 15 is 0 Å². The van der Waals surface area contributed by atoms with Crippen molar-refractivity contribution in [3.63, 3.8) is 0 Å². The fourth-order valence-electron chi connectivity index (χ4n) is 0.123. The first-order valence-corrected chi connectivity index (χ1v) is 1.65. The van der Waals surface area contributed by atoms with Crippen molar-refractivity contribution >= 4 is 5.91 Å². The zero-order chi connectivity index (χ0) is 5.70. The predicted octanol–water partition coefficient (Wildman–Crippen LogP) is -1.94. The third kappa shape index (κ3) is 5.35. The summed E-state index contributed by atoms with van der Waals surface area (Å²) in [4.78, 5) is 9.74. The van der Waals surface area contributed by atoms with Gasteiger partial charge in [0.15, 0.2) is 0 Å². The van der Waals surface area contributed by atoms with Crippen LogP contribution in [0.3, 0.4) is 0 Å². The van der Waals surface area contributed by atoms with Gasteiger partial charge in [-0.05, 0) is 0 Å². The SMILES string of the molecule is NC(=O)CNN[O-]. The molecule has 0 atom stereocenters. The molecule has 0 unspecified atom stereocenters. The Kier molecular flexibility index (Phi) is 3.21. The first-order valence-electron chi connectivity index (χ1n) is 1.65. The van der Waals surface area contributed by atoms with Crippen molar-refractivity contribution in [3.8, 4) is 0 Å². The molecule has 0 saturated heterocycles. The maximum Gasteiger partial charge on any atom is 0.232 e. The lowest BCUT2D eigenvalue weighted by atomic mass is 10.7. The van der Waals surface area contributed by atoms with Gasteiger partial charge in [0.25, 0.3) is 0 Å². The lowest BCUT2D eigenvalue weighted by Gasteiger charge is -2.05. The van der Waals surface area contributed by atoms with Crippen LogP contribution in [0.4, 0.5) is 0 Å². The molecule has 0 spiro atoms. The standard InChI is InChI=1S/C2H6N3O2/c3-2(6)1-4-5-7/h4-5H,1H2,(H2,3,6)/q-1. The molecule has 0 heterocycles. The molecule has 0 fully saturated rings. The Hall–Kier alpha value is -0.650. The molecule has 5 heteroatoms. The molecule has 42 valence electrons. The number of hydrogen-bond donors (Lipinski definition) is 3. The second-order valence-electron chi connectivity index (χ2n) is 0.922. The van der Waals surface area contributed by atoms with Gasteiger partial charge in [0.2, 0.25) is 5.91 Å². The molecule has 0 aromatic carbocycles. The van der Waals surface area contributed by atoms with Gasteiger partial charge in [-0.1, -0.05) is 0 Å². The van der Waals surface area contributed by atoms with E-state index < -0.39 is 5.91 Å². The minimum atomic E-state index is -0.566. The van der Waals surface area contributed by atoms with Crippen molar-refractivity contribution in [2.75, 3.05) is 6.54 Å². The number of rotatable bonds is 3. The third-order valence-corrected chi connectivity index (χ3v) is 0.335. The number of hydrogen-bond acceptors (Lipinski definition) is 4. The highest BCUT2D eigenvalue weighted by atomic mass is 16.5. The molecular formula is C2H6N3O2-. The maximum atomic E-state index is 9.74. The van der Waals surface area contributed by atoms with Gasteiger partial charge in [-0.3, -0.25) is 10.2 Å². The third-order valence-electron chi connectivity index (χ3n) is 0.335. The van der Waals surface area contributed by atoms with E-state index in [1.54, 1.807) is 0 Å². The second-order valence-corrected chi connectivity index (χ2v) is 0.922. The number of carbonyl (C=O) groups is 1. The van der Waals surface area contributed by atoms with E-state index in [1.165, 1.54) is 5.59 Å². The average Bonchev–Trinajstić information content (AvgIpc) is 1.61. The molecule has 5 nitrogen and oxygen atoms in total. The molecule has 0 aromatic heterocycles. The highest BCUT2D eigenvalue weighted by Gasteiger charge is 1.84. The Morgan fingerprint density at radius 2 is 2.43 bits per heavy atom. The van der Waals surface area contributed by atoms with Gasteiger partial charge < -0.3 is 16.5 Å². The van der Waals surface area contributed by atoms with E-state index in [-0.39, 0.29) is 6.54 Å². The number of amides is 1. The molecular weight excluding hydrogens is 98.0 g/mol. The topological polar surface area (TPSA) is 90.2 Å². The number of hydrazine groups is 1. The Balaban J connectivity index is 2.82. The fourth-order valence-corrected chi connectivity index (χ4v) is 0.123. The van der Waals surface area contributed by atoms with E-state index in [2.05, 4.69) is 5.73 Å². The molecule has 0 rings (SSSR count). The van der Waals surface area contributed by atoms with Crippen molar-refractivity contribution in [1.29, 1.82) is 0 Å². The van der Waals surface area contributed by atoms with Crippen molar-refractivity contribution < 1.29 is 4.79 Å². The Morgan fingerprint density at radius 1 is 1.86 bits per heavy atom. The van der Waals surface area contributed by atoms with Crippen LogP contribution < -0.4 is 16.7 Å². The van der Waals surface area contributed by atoms with Crippen molar-refractivity contribution in [3.05, 3.63) is 5.21 Å². The summed E-state index contributed by atoms with van der Waals surface area (Å²) in [6.07, 6.45) is 0. The van der Waals surface area contributed by atoms with Gasteiger partial charge in [-0.15, -0.1) is 0 Å². The molecule has 0 aliphatic rings. The number of nitrogens with one attached hydrogen (secondary N) is 2. The number of primary amides is 1. The van der Waals surface area contributed by atoms with Gasteiger partial charge in [-0.2, -0.15) is 0 Å². The lowest BCUT2D eigenvalue weighted by molar-refractivity contribution is -0.117. The molecule has 4 N–H and O–H groups in total. The maximum absolute atomic E-state index is 9.74. The molecule has 0 radical (unpaired) electrons. The predicted molar refractivity (Wildman–Crippen MR) is 23.7 cm³/mol. The van der Waals surface area contributed by atoms with Crippen LogP contribution in [0, 0.1) is 5.21 Å². The first kappa shape index (κ1) is 6.35. The monoisotopic (exact) mass is 104 g/mol. The zero-order valence-corrected chi connectivity index (χ0v) is 3.60. The van der Waals surface area contributed by atoms with Crippen molar-refractivity contribution in [1.82, 2.24) is 11.0 Å². The smallest absolute Gasteiger partial charge is 0.232 e. The summed E-state index contributed by atoms with van der Waals surface area (Å²) < 4.78 is 0. The Labute approximate surface area is 40.4 Å². The van der Waals surface area contributed by atoms with Crippen LogP contribution in [0.5, 0.6) is 0 Å². The van der Waals surface area contributed by atoms with Crippen LogP contribution in [0.1, 0.15) is 0 Å². The zero-order valence-electron chi connectivity index (χ0n) is 3.60. The van der Waals surface area contributed by atoms with Crippen LogP contribution in [0.25, 0.3) is 0 Å². The van der Waals surface area contributed by atoms with Crippen LogP contribution in [0.15, 0.2) is 0 Å². The summed E-state index contributed by atoms with van der Waals surface area (Å²) in [5.74, 6) is -0.566. The molecule has 1 amide bonds. The van der Waals surface area contributed by atoms with Gasteiger partial charge in [0, 0.05) is 0 Å². The molecule has 7 heavy (non-hydrogen) atoms. The second kappa shape index (κ2) is 3.54. The van der Waals surface area contributed by atoms with Gasteiger partial charge in [-0.25, -0.2) is 0 Å². The fraction of sp³-hybridized carbons (Fsp3) is 0.500. The summed E-state index contributed by atoms with van der Waals surface area (Å²) in [7, 11) is 0. The van der Waals surface area contributed by atoms with E-state index in [9.17, 15) is 10.0 Å². The van der Waals surface area contributed by atoms with E-state index in [1.807, 2.05) is 5.43 Å². The summed E-state index contributed by atoms with van der Waals surface area (Å²) in [6, 6.07) is 0. The van der Waals surface area contributed by atoms with E-state index in [0.29, 0.717) is 0 Å². The highest BCUT2D eigenvalue weighted by Crippen LogP contribution is 1.46. The normalized spacial score (nSPS) is 8.71. The van der Waals surface area contributed by atoms with Gasteiger partial charge in [0.1, 0.15) is 0 Å². The largest absolute Gasteiger partial charge is 0.774 e. The average molecular weight is 104 g/mol.